The smallest absolute Gasteiger partial charge is 0.417 e. The van der Waals surface area contributed by atoms with E-state index in [0.29, 0.717) is 133 Å². The summed E-state index contributed by atoms with van der Waals surface area (Å²) in [5.41, 5.74) is 7.06. The number of halogens is 4. The van der Waals surface area contributed by atoms with Crippen LogP contribution >= 0.6 is 47.1 Å². The summed E-state index contributed by atoms with van der Waals surface area (Å²) >= 11 is 14.5. The molecule has 6 aromatic carbocycles. The molecule has 0 saturated carbocycles. The molecular formula is C105H128F4N14O14S4. The van der Waals surface area contributed by atoms with E-state index >= 15 is 4.39 Å². The number of aromatic nitrogens is 2. The fraction of sp³-hybridized carbons (Fsp3) is 0.486. The molecule has 4 N–H and O–H groups in total. The molecule has 4 fully saturated rings. The van der Waals surface area contributed by atoms with Crippen molar-refractivity contribution in [1.29, 1.82) is 5.26 Å². The highest BCUT2D eigenvalue weighted by atomic mass is 32.1. The van der Waals surface area contributed by atoms with E-state index in [-0.39, 0.29) is 88.9 Å². The lowest BCUT2D eigenvalue weighted by Gasteiger charge is -2.35. The summed E-state index contributed by atoms with van der Waals surface area (Å²) in [6.45, 7) is 41.4. The Labute approximate surface area is 842 Å². The molecule has 2 aromatic heterocycles. The average Bonchev–Trinajstić information content (AvgIpc) is 1.59. The molecule has 36 heteroatoms. The van der Waals surface area contributed by atoms with Crippen molar-refractivity contribution in [2.45, 2.75) is 229 Å². The number of thiazole rings is 2. The molecule has 0 unspecified atom stereocenters. The van der Waals surface area contributed by atoms with Crippen molar-refractivity contribution in [3.05, 3.63) is 195 Å². The number of nitrogens with zero attached hydrogens (tertiary/aromatic N) is 10. The molecule has 28 nitrogen and oxygen atoms in total. The van der Waals surface area contributed by atoms with E-state index in [4.69, 9.17) is 59.4 Å². The van der Waals surface area contributed by atoms with Crippen molar-refractivity contribution in [1.82, 2.24) is 41.0 Å². The maximum Gasteiger partial charge on any atom is 0.417 e. The summed E-state index contributed by atoms with van der Waals surface area (Å²) in [4.78, 5) is 132. The maximum atomic E-state index is 15.3. The number of hydrogen-bond donors (Lipinski definition) is 4. The Morgan fingerprint density at radius 3 is 1.44 bits per heavy atom. The van der Waals surface area contributed by atoms with Gasteiger partial charge in [-0.05, 0) is 261 Å². The Morgan fingerprint density at radius 2 is 0.993 bits per heavy atom. The number of anilines is 4. The summed E-state index contributed by atoms with van der Waals surface area (Å²) in [5.74, 6) is -2.27. The van der Waals surface area contributed by atoms with E-state index in [2.05, 4.69) is 36.1 Å². The number of nitrogens with one attached hydrogen (secondary N) is 4. The number of ether oxygens (including phenoxy) is 6. The van der Waals surface area contributed by atoms with Gasteiger partial charge in [0.05, 0.1) is 80.9 Å². The average molecular weight is 2010 g/mol. The molecule has 7 atom stereocenters. The normalized spacial score (nSPS) is 17.5. The van der Waals surface area contributed by atoms with Crippen LogP contribution in [0.3, 0.4) is 0 Å². The molecule has 754 valence electrons. The monoisotopic (exact) mass is 2010 g/mol. The maximum absolute atomic E-state index is 15.3. The minimum atomic E-state index is -4.80. The van der Waals surface area contributed by atoms with Gasteiger partial charge in [-0.25, -0.2) is 19.2 Å². The molecule has 4 aliphatic rings. The molecular weight excluding hydrogens is 1890 g/mol. The fourth-order valence-electron chi connectivity index (χ4n) is 17.3. The predicted molar refractivity (Wildman–Crippen MR) is 545 cm³/mol. The van der Waals surface area contributed by atoms with E-state index in [9.17, 15) is 56.8 Å². The van der Waals surface area contributed by atoms with E-state index in [1.807, 2.05) is 136 Å². The van der Waals surface area contributed by atoms with Crippen LogP contribution in [-0.2, 0) is 70.0 Å². The number of benzene rings is 6. The summed E-state index contributed by atoms with van der Waals surface area (Å²) in [6.07, 6.45) is 1.89. The molecule has 4 saturated heterocycles. The number of rotatable bonds is 42. The number of alkyl halides is 3. The summed E-state index contributed by atoms with van der Waals surface area (Å²) in [6, 6.07) is 34.0. The van der Waals surface area contributed by atoms with Crippen LogP contribution in [0.5, 0.6) is 11.5 Å². The molecule has 8 amide bonds. The van der Waals surface area contributed by atoms with Crippen molar-refractivity contribution in [2.24, 2.45) is 22.7 Å². The van der Waals surface area contributed by atoms with Crippen molar-refractivity contribution < 1.29 is 84.3 Å². The molecule has 12 rings (SSSR count). The van der Waals surface area contributed by atoms with Gasteiger partial charge in [0.15, 0.2) is 27.5 Å². The van der Waals surface area contributed by atoms with Crippen molar-refractivity contribution in [3.8, 4) is 38.4 Å². The zero-order valence-corrected chi connectivity index (χ0v) is 86.2. The largest absolute Gasteiger partial charge is 0.494 e. The summed E-state index contributed by atoms with van der Waals surface area (Å²) in [7, 11) is 0. The minimum Gasteiger partial charge on any atom is -0.494 e. The third-order valence-corrected chi connectivity index (χ3v) is 27.8. The standard InChI is InChI=1S/C53H66FN7O7S2.C52H62F3N7O7S2/c1-33-27-43(48(63)57-35(3)37-15-17-38(18-16-37)46-36(4)56-32-70-46)59(30-33)49(64)47(52(5,6)7)58-45(62)31-67-25-12-11-23-66-24-13-14-26-68-44-22-20-40(29-41(44)54)61-51(69)60(50(65)53(61,8)9)39-19-21-42(55-10)34(2)28-39;1-33-26-42(46(64)57-29-35-12-14-36(15-13-35)44-34(2)58-32-71-44)60(30-33)47(65)45(50(3,4)5)59-43(63)31-68-24-9-8-22-67-23-10-11-25-69-40-20-18-38(19-21-40)62-49(70)61(48(66)51(62,6)7)39-17-16-37(28-56)41(27-39)52(53,54)55/h15-22,28-29,32-33,35,43,47H,11-14,23-27,30-31H2,1-9H3,(H,57,63)(H,58,62);12-21,27,32-33,42,45H,8-11,22-26,29-31H2,1-7H3,(H,57,64)(H,59,63)/t33-,35+,43+,47-;33-,42+,45-/m11/s1. The van der Waals surface area contributed by atoms with Gasteiger partial charge < -0.3 is 69.3 Å². The SMILES string of the molecule is Cc1ncsc1-c1ccc(CNC(=O)[C@@H]2C[C@@H](C)CN2C(=O)[C@@H](NC(=O)COCCCCOCCCCOc2ccc(N3C(=S)N(c4ccc(C#N)c(C(F)(F)F)c4)C(=O)C3(C)C)cc2)C(C)(C)C)cc1.[C-]#[N+]c1ccc(N2C(=O)C(C)(C)N(c3ccc(OCCCCOCCCCOCC(=O)N[C@H](C(=O)N4C[C@H](C)C[C@H]4C(=O)N[C@@H](C)c4ccc(-c5scnc5C)cc4)C(C)(C)C)c(F)c3)C2=S)cc1C. The van der Waals surface area contributed by atoms with E-state index in [0.717, 1.165) is 91.7 Å². The van der Waals surface area contributed by atoms with Crippen LogP contribution in [0.1, 0.15) is 199 Å². The number of nitriles is 1. The minimum absolute atomic E-state index is 0.00449. The van der Waals surface area contributed by atoms with Gasteiger partial charge in [-0.2, -0.15) is 18.4 Å². The third-order valence-electron chi connectivity index (χ3n) is 25.1. The number of hydrogen-bond acceptors (Lipinski definition) is 21. The molecule has 0 radical (unpaired) electrons. The molecule has 141 heavy (non-hydrogen) atoms. The molecule has 0 spiro atoms. The van der Waals surface area contributed by atoms with Crippen molar-refractivity contribution in [2.75, 3.05) is 98.8 Å². The number of thiocarbonyl (C=S) groups is 2. The van der Waals surface area contributed by atoms with Gasteiger partial charge in [0.2, 0.25) is 35.4 Å². The van der Waals surface area contributed by atoms with Crippen LogP contribution in [0.2, 0.25) is 0 Å². The number of carbonyl (C=O) groups is 8. The van der Waals surface area contributed by atoms with Gasteiger partial charge in [0, 0.05) is 82.4 Å². The van der Waals surface area contributed by atoms with Gasteiger partial charge in [0.1, 0.15) is 54.2 Å². The predicted octanol–water partition coefficient (Wildman–Crippen LogP) is 18.6. The van der Waals surface area contributed by atoms with Crippen LogP contribution in [0.4, 0.5) is 46.0 Å². The van der Waals surface area contributed by atoms with E-state index < -0.39 is 86.9 Å². The first-order valence-electron chi connectivity index (χ1n) is 47.5. The number of likely N-dealkylation sites (tertiary alicyclic amines) is 2. The number of aryl methyl sites for hydroxylation is 3. The quantitative estimate of drug-likeness (QED) is 0.0120. The van der Waals surface area contributed by atoms with E-state index in [1.165, 1.54) is 23.1 Å². The van der Waals surface area contributed by atoms with Gasteiger partial charge in [0.25, 0.3) is 11.8 Å². The van der Waals surface area contributed by atoms with Crippen LogP contribution in [0.25, 0.3) is 25.7 Å². The van der Waals surface area contributed by atoms with Gasteiger partial charge in [-0.3, -0.25) is 48.2 Å². The highest BCUT2D eigenvalue weighted by molar-refractivity contribution is 7.81. The van der Waals surface area contributed by atoms with Crippen molar-refractivity contribution in [3.63, 3.8) is 0 Å². The van der Waals surface area contributed by atoms with Crippen LogP contribution < -0.4 is 50.3 Å². The Hall–Kier alpha value is -11.7. The Bertz CT molecular complexity index is 5850. The van der Waals surface area contributed by atoms with Crippen LogP contribution in [0.15, 0.2) is 138 Å². The van der Waals surface area contributed by atoms with Gasteiger partial charge in [-0.1, -0.05) is 110 Å². The Kier molecular flexibility index (Phi) is 38.0. The topological polar surface area (TPSA) is 313 Å². The second-order valence-corrected chi connectivity index (χ2v) is 41.7. The highest BCUT2D eigenvalue weighted by Crippen LogP contribution is 2.44. The van der Waals surface area contributed by atoms with Crippen LogP contribution in [0, 0.1) is 67.2 Å². The Morgan fingerprint density at radius 1 is 0.560 bits per heavy atom. The number of amides is 8. The first kappa shape index (κ1) is 110. The Balaban J connectivity index is 0.000000270. The second kappa shape index (κ2) is 48.8. The number of unbranched alkanes of at least 4 members (excludes halogenated alkanes) is 4. The summed E-state index contributed by atoms with van der Waals surface area (Å²) in [5, 5.41) is 21.4. The lowest BCUT2D eigenvalue weighted by Crippen LogP contribution is -2.58. The second-order valence-electron chi connectivity index (χ2n) is 39.2. The first-order valence-corrected chi connectivity index (χ1v) is 50.1. The zero-order chi connectivity index (χ0) is 103. The van der Waals surface area contributed by atoms with Gasteiger partial charge >= 0.3 is 6.18 Å². The highest BCUT2D eigenvalue weighted by Gasteiger charge is 2.53. The first-order chi connectivity index (χ1) is 66.8. The lowest BCUT2D eigenvalue weighted by atomic mass is 9.85. The van der Waals surface area contributed by atoms with Gasteiger partial charge in [-0.15, -0.1) is 22.7 Å². The fourth-order valence-corrected chi connectivity index (χ4v) is 19.9. The molecule has 0 aliphatic carbocycles. The summed E-state index contributed by atoms with van der Waals surface area (Å²) < 4.78 is 91.0. The number of carbonyl (C=O) groups excluding carboxylic acids is 8. The van der Waals surface area contributed by atoms with Crippen LogP contribution in [-0.4, -0.2) is 192 Å². The third kappa shape index (κ3) is 28.0. The molecule has 4 aliphatic heterocycles. The lowest BCUT2D eigenvalue weighted by molar-refractivity contribution is -0.144. The molecule has 0 bridgehead atoms. The zero-order valence-electron chi connectivity index (χ0n) is 82.9. The molecule has 6 heterocycles. The van der Waals surface area contributed by atoms with Crippen molar-refractivity contribution >= 4 is 133 Å². The van der Waals surface area contributed by atoms with E-state index in [1.54, 1.807) is 131 Å². The molecule has 8 aromatic rings.